The van der Waals surface area contributed by atoms with Crippen molar-refractivity contribution in [1.29, 1.82) is 0 Å². The molecule has 0 aromatic heterocycles. The Morgan fingerprint density at radius 1 is 1.06 bits per heavy atom. The Bertz CT molecular complexity index is 459. The van der Waals surface area contributed by atoms with Crippen molar-refractivity contribution in [1.82, 2.24) is 0 Å². The first-order chi connectivity index (χ1) is 8.02. The lowest BCUT2D eigenvalue weighted by Gasteiger charge is -2.28. The van der Waals surface area contributed by atoms with Gasteiger partial charge in [-0.05, 0) is 42.5 Å². The van der Waals surface area contributed by atoms with Crippen LogP contribution < -0.4 is 11.5 Å². The Hall–Kier alpha value is -1.71. The number of amides is 1. The molecule has 1 aromatic rings. The molecule has 4 nitrogen and oxygen atoms in total. The number of rotatable bonds is 2. The van der Waals surface area contributed by atoms with Crippen LogP contribution in [0.2, 0.25) is 0 Å². The molecule has 18 heavy (non-hydrogen) atoms. The van der Waals surface area contributed by atoms with E-state index in [0.717, 1.165) is 11.1 Å². The van der Waals surface area contributed by atoms with Crippen molar-refractivity contribution in [3.05, 3.63) is 29.3 Å². The molecule has 0 fully saturated rings. The van der Waals surface area contributed by atoms with Gasteiger partial charge in [0.2, 0.25) is 0 Å². The van der Waals surface area contributed by atoms with Crippen LogP contribution in [0.1, 0.15) is 45.7 Å². The SMILES string of the molecule is CC(C)(C)c1cc(N)cc(C(C)(C)OC(N)=O)c1. The van der Waals surface area contributed by atoms with Crippen LogP contribution in [-0.4, -0.2) is 6.09 Å². The van der Waals surface area contributed by atoms with Gasteiger partial charge < -0.3 is 16.2 Å². The number of anilines is 1. The summed E-state index contributed by atoms with van der Waals surface area (Å²) in [5.74, 6) is 0. The second kappa shape index (κ2) is 4.52. The maximum absolute atomic E-state index is 10.9. The first kappa shape index (κ1) is 14.4. The molecule has 4 N–H and O–H groups in total. The summed E-state index contributed by atoms with van der Waals surface area (Å²) in [6, 6.07) is 5.74. The minimum Gasteiger partial charge on any atom is -0.439 e. The molecular weight excluding hydrogens is 228 g/mol. The number of primary amides is 1. The van der Waals surface area contributed by atoms with Crippen molar-refractivity contribution < 1.29 is 9.53 Å². The van der Waals surface area contributed by atoms with Crippen LogP contribution in [0.3, 0.4) is 0 Å². The van der Waals surface area contributed by atoms with Crippen LogP contribution in [0.15, 0.2) is 18.2 Å². The third kappa shape index (κ3) is 3.39. The van der Waals surface area contributed by atoms with Gasteiger partial charge in [-0.2, -0.15) is 0 Å². The number of hydrogen-bond donors (Lipinski definition) is 2. The molecule has 0 bridgehead atoms. The van der Waals surface area contributed by atoms with Crippen LogP contribution in [0, 0.1) is 0 Å². The van der Waals surface area contributed by atoms with E-state index >= 15 is 0 Å². The summed E-state index contributed by atoms with van der Waals surface area (Å²) in [7, 11) is 0. The average Bonchev–Trinajstić information content (AvgIpc) is 2.13. The van der Waals surface area contributed by atoms with E-state index in [1.54, 1.807) is 19.9 Å². The van der Waals surface area contributed by atoms with Crippen molar-refractivity contribution in [2.45, 2.75) is 45.6 Å². The molecule has 0 unspecified atom stereocenters. The van der Waals surface area contributed by atoms with E-state index in [2.05, 4.69) is 20.8 Å². The van der Waals surface area contributed by atoms with E-state index in [1.807, 2.05) is 12.1 Å². The smallest absolute Gasteiger partial charge is 0.405 e. The quantitative estimate of drug-likeness (QED) is 0.792. The Labute approximate surface area is 108 Å². The fourth-order valence-electron chi connectivity index (χ4n) is 1.74. The number of hydrogen-bond acceptors (Lipinski definition) is 3. The molecule has 1 aromatic carbocycles. The molecule has 0 heterocycles. The standard InChI is InChI=1S/C14H22N2O2/c1-13(2,3)9-6-10(8-11(15)7-9)14(4,5)18-12(16)17/h6-8H,15H2,1-5H3,(H2,16,17). The molecule has 4 heteroatoms. The van der Waals surface area contributed by atoms with E-state index in [0.29, 0.717) is 5.69 Å². The van der Waals surface area contributed by atoms with Gasteiger partial charge in [0.15, 0.2) is 0 Å². The summed E-state index contributed by atoms with van der Waals surface area (Å²) in [6.45, 7) is 9.90. The Balaban J connectivity index is 3.25. The second-order valence-electron chi connectivity index (χ2n) is 6.03. The topological polar surface area (TPSA) is 78.3 Å². The maximum atomic E-state index is 10.9. The fraction of sp³-hybridized carbons (Fsp3) is 0.500. The van der Waals surface area contributed by atoms with Gasteiger partial charge in [0.05, 0.1) is 0 Å². The number of carbonyl (C=O) groups excluding carboxylic acids is 1. The van der Waals surface area contributed by atoms with Crippen LogP contribution in [-0.2, 0) is 15.8 Å². The van der Waals surface area contributed by atoms with Gasteiger partial charge in [0, 0.05) is 5.69 Å². The van der Waals surface area contributed by atoms with Gasteiger partial charge in [-0.25, -0.2) is 4.79 Å². The number of ether oxygens (including phenoxy) is 1. The summed E-state index contributed by atoms with van der Waals surface area (Å²) in [5.41, 5.74) is 12.8. The van der Waals surface area contributed by atoms with E-state index in [9.17, 15) is 4.79 Å². The molecule has 0 aliphatic carbocycles. The van der Waals surface area contributed by atoms with Crippen molar-refractivity contribution in [2.24, 2.45) is 5.73 Å². The van der Waals surface area contributed by atoms with E-state index in [1.165, 1.54) is 0 Å². The third-order valence-corrected chi connectivity index (χ3v) is 2.87. The molecule has 0 atom stereocenters. The first-order valence-corrected chi connectivity index (χ1v) is 5.92. The van der Waals surface area contributed by atoms with Crippen LogP contribution in [0.5, 0.6) is 0 Å². The second-order valence-corrected chi connectivity index (χ2v) is 6.03. The van der Waals surface area contributed by atoms with E-state index in [4.69, 9.17) is 16.2 Å². The highest BCUT2D eigenvalue weighted by Crippen LogP contribution is 2.32. The maximum Gasteiger partial charge on any atom is 0.405 e. The molecule has 0 spiro atoms. The molecule has 0 saturated carbocycles. The third-order valence-electron chi connectivity index (χ3n) is 2.87. The Kier molecular flexibility index (Phi) is 3.60. The van der Waals surface area contributed by atoms with Crippen molar-refractivity contribution in [3.8, 4) is 0 Å². The molecule has 0 radical (unpaired) electrons. The molecule has 0 saturated heterocycles. The van der Waals surface area contributed by atoms with Crippen LogP contribution >= 0.6 is 0 Å². The number of nitrogens with two attached hydrogens (primary N) is 2. The molecule has 1 rings (SSSR count). The number of benzene rings is 1. The molecule has 0 aliphatic rings. The lowest BCUT2D eigenvalue weighted by molar-refractivity contribution is 0.0432. The first-order valence-electron chi connectivity index (χ1n) is 5.92. The zero-order valence-corrected chi connectivity index (χ0v) is 11.7. The van der Waals surface area contributed by atoms with E-state index in [-0.39, 0.29) is 5.41 Å². The normalized spacial score (nSPS) is 12.3. The minimum atomic E-state index is -0.792. The zero-order valence-electron chi connectivity index (χ0n) is 11.7. The Morgan fingerprint density at radius 2 is 1.56 bits per heavy atom. The molecule has 100 valence electrons. The van der Waals surface area contributed by atoms with Gasteiger partial charge in [-0.15, -0.1) is 0 Å². The van der Waals surface area contributed by atoms with Gasteiger partial charge in [-0.1, -0.05) is 26.8 Å². The van der Waals surface area contributed by atoms with Crippen molar-refractivity contribution >= 4 is 11.8 Å². The fourth-order valence-corrected chi connectivity index (χ4v) is 1.74. The summed E-state index contributed by atoms with van der Waals surface area (Å²) in [6.07, 6.45) is -0.792. The molecular formula is C14H22N2O2. The lowest BCUT2D eigenvalue weighted by Crippen LogP contribution is -2.29. The highest BCUT2D eigenvalue weighted by molar-refractivity contribution is 5.65. The minimum absolute atomic E-state index is 0.0209. The average molecular weight is 250 g/mol. The Morgan fingerprint density at radius 3 is 2.00 bits per heavy atom. The van der Waals surface area contributed by atoms with Gasteiger partial charge >= 0.3 is 6.09 Å². The van der Waals surface area contributed by atoms with Gasteiger partial charge in [0.1, 0.15) is 5.60 Å². The van der Waals surface area contributed by atoms with Gasteiger partial charge in [0.25, 0.3) is 0 Å². The summed E-state index contributed by atoms with van der Waals surface area (Å²) in [5, 5.41) is 0. The summed E-state index contributed by atoms with van der Waals surface area (Å²) in [4.78, 5) is 10.9. The van der Waals surface area contributed by atoms with Crippen LogP contribution in [0.4, 0.5) is 10.5 Å². The lowest BCUT2D eigenvalue weighted by atomic mass is 9.83. The predicted octanol–water partition coefficient (Wildman–Crippen LogP) is 2.90. The highest BCUT2D eigenvalue weighted by atomic mass is 16.6. The molecule has 0 aliphatic heterocycles. The summed E-state index contributed by atoms with van der Waals surface area (Å²) < 4.78 is 5.13. The summed E-state index contributed by atoms with van der Waals surface area (Å²) >= 11 is 0. The van der Waals surface area contributed by atoms with Crippen molar-refractivity contribution in [3.63, 3.8) is 0 Å². The van der Waals surface area contributed by atoms with Crippen molar-refractivity contribution in [2.75, 3.05) is 5.73 Å². The largest absolute Gasteiger partial charge is 0.439 e. The monoisotopic (exact) mass is 250 g/mol. The number of nitrogen functional groups attached to an aromatic ring is 1. The molecule has 1 amide bonds. The van der Waals surface area contributed by atoms with Crippen LogP contribution in [0.25, 0.3) is 0 Å². The highest BCUT2D eigenvalue weighted by Gasteiger charge is 2.26. The zero-order chi connectivity index (χ0) is 14.1. The predicted molar refractivity (Wildman–Crippen MR) is 73.2 cm³/mol. The van der Waals surface area contributed by atoms with E-state index < -0.39 is 11.7 Å². The van der Waals surface area contributed by atoms with Gasteiger partial charge in [-0.3, -0.25) is 0 Å². The number of carbonyl (C=O) groups is 1.